The van der Waals surface area contributed by atoms with Gasteiger partial charge in [-0.1, -0.05) is 13.8 Å². The minimum Gasteiger partial charge on any atom is -0.494 e. The highest BCUT2D eigenvalue weighted by molar-refractivity contribution is 5.92. The highest BCUT2D eigenvalue weighted by Crippen LogP contribution is 2.11. The van der Waals surface area contributed by atoms with Gasteiger partial charge in [0.1, 0.15) is 5.75 Å². The largest absolute Gasteiger partial charge is 0.494 e. The molecule has 1 rings (SSSR count). The number of hydrogen-bond acceptors (Lipinski definition) is 3. The number of carbonyl (C=O) groups excluding carboxylic acids is 1. The van der Waals surface area contributed by atoms with E-state index in [0.29, 0.717) is 18.2 Å². The van der Waals surface area contributed by atoms with E-state index >= 15 is 0 Å². The van der Waals surface area contributed by atoms with Crippen molar-refractivity contribution in [1.82, 2.24) is 5.32 Å². The quantitative estimate of drug-likeness (QED) is 0.706. The molecule has 1 amide bonds. The van der Waals surface area contributed by atoms with Crippen molar-refractivity contribution in [2.24, 2.45) is 5.73 Å². The van der Waals surface area contributed by atoms with E-state index in [1.54, 1.807) is 24.3 Å². The van der Waals surface area contributed by atoms with Crippen LogP contribution in [0.15, 0.2) is 24.3 Å². The van der Waals surface area contributed by atoms with Crippen molar-refractivity contribution in [2.75, 3.05) is 13.2 Å². The Balaban J connectivity index is 2.25. The molecule has 0 aliphatic heterocycles. The van der Waals surface area contributed by atoms with Crippen molar-refractivity contribution >= 4 is 5.91 Å². The molecule has 1 aromatic rings. The van der Waals surface area contributed by atoms with Gasteiger partial charge in [0.15, 0.2) is 0 Å². The third-order valence-electron chi connectivity index (χ3n) is 2.28. The van der Waals surface area contributed by atoms with Crippen LogP contribution in [0.4, 0.5) is 0 Å². The van der Waals surface area contributed by atoms with E-state index in [9.17, 15) is 4.79 Å². The summed E-state index contributed by atoms with van der Waals surface area (Å²) in [6, 6.07) is 7.37. The molecule has 0 heterocycles. The lowest BCUT2D eigenvalue weighted by Crippen LogP contribution is -2.24. The second-order valence-electron chi connectivity index (χ2n) is 4.20. The fraction of sp³-hybridized carbons (Fsp3) is 0.462. The summed E-state index contributed by atoms with van der Waals surface area (Å²) in [5, 5.41) is 3.31. The second kappa shape index (κ2) is 6.91. The van der Waals surface area contributed by atoms with Gasteiger partial charge in [-0.2, -0.15) is 0 Å². The average molecular weight is 236 g/mol. The molecule has 0 atom stereocenters. The van der Waals surface area contributed by atoms with E-state index < -0.39 is 5.91 Å². The predicted molar refractivity (Wildman–Crippen MR) is 68.2 cm³/mol. The van der Waals surface area contributed by atoms with Crippen LogP contribution in [0.3, 0.4) is 0 Å². The van der Waals surface area contributed by atoms with Crippen molar-refractivity contribution in [2.45, 2.75) is 26.3 Å². The minimum absolute atomic E-state index is 0.419. The summed E-state index contributed by atoms with van der Waals surface area (Å²) in [6.07, 6.45) is 0.954. The summed E-state index contributed by atoms with van der Waals surface area (Å²) in [5.74, 6) is 0.345. The Morgan fingerprint density at radius 3 is 2.53 bits per heavy atom. The summed E-state index contributed by atoms with van der Waals surface area (Å²) in [4.78, 5) is 10.8. The number of nitrogens with one attached hydrogen (secondary N) is 1. The number of ether oxygens (including phenoxy) is 1. The smallest absolute Gasteiger partial charge is 0.248 e. The van der Waals surface area contributed by atoms with Gasteiger partial charge in [-0.05, 0) is 37.2 Å². The molecular formula is C13H20N2O2. The molecule has 0 aromatic heterocycles. The van der Waals surface area contributed by atoms with Crippen LogP contribution in [0.2, 0.25) is 0 Å². The zero-order valence-corrected chi connectivity index (χ0v) is 10.4. The number of benzene rings is 1. The van der Waals surface area contributed by atoms with E-state index in [4.69, 9.17) is 10.5 Å². The topological polar surface area (TPSA) is 64.3 Å². The van der Waals surface area contributed by atoms with Gasteiger partial charge in [0, 0.05) is 11.6 Å². The number of amides is 1. The third kappa shape index (κ3) is 5.36. The summed E-state index contributed by atoms with van der Waals surface area (Å²) in [6.45, 7) is 5.83. The Hall–Kier alpha value is -1.55. The first-order valence-electron chi connectivity index (χ1n) is 5.85. The van der Waals surface area contributed by atoms with Crippen molar-refractivity contribution in [3.8, 4) is 5.75 Å². The van der Waals surface area contributed by atoms with E-state index in [2.05, 4.69) is 19.2 Å². The Morgan fingerprint density at radius 2 is 2.00 bits per heavy atom. The molecule has 0 saturated heterocycles. The van der Waals surface area contributed by atoms with E-state index in [1.807, 2.05) is 0 Å². The summed E-state index contributed by atoms with van der Waals surface area (Å²) >= 11 is 0. The highest BCUT2D eigenvalue weighted by Gasteiger charge is 2.00. The minimum atomic E-state index is -0.419. The lowest BCUT2D eigenvalue weighted by molar-refractivity contribution is 0.100. The van der Waals surface area contributed by atoms with Crippen molar-refractivity contribution in [1.29, 1.82) is 0 Å². The maximum absolute atomic E-state index is 10.8. The first-order chi connectivity index (χ1) is 8.09. The first-order valence-corrected chi connectivity index (χ1v) is 5.85. The van der Waals surface area contributed by atoms with Crippen LogP contribution in [-0.4, -0.2) is 25.1 Å². The van der Waals surface area contributed by atoms with Crippen LogP contribution in [0.1, 0.15) is 30.6 Å². The Morgan fingerprint density at radius 1 is 1.35 bits per heavy atom. The predicted octanol–water partition coefficient (Wildman–Crippen LogP) is 1.55. The highest BCUT2D eigenvalue weighted by atomic mass is 16.5. The van der Waals surface area contributed by atoms with Crippen LogP contribution in [0.25, 0.3) is 0 Å². The van der Waals surface area contributed by atoms with Gasteiger partial charge in [-0.3, -0.25) is 4.79 Å². The molecule has 0 fully saturated rings. The third-order valence-corrected chi connectivity index (χ3v) is 2.28. The standard InChI is InChI=1S/C13H20N2O2/c1-10(2)15-8-3-9-17-12-6-4-11(5-7-12)13(14)16/h4-7,10,15H,3,8-9H2,1-2H3,(H2,14,16). The van der Waals surface area contributed by atoms with Gasteiger partial charge in [-0.25, -0.2) is 0 Å². The van der Waals surface area contributed by atoms with Crippen LogP contribution in [0, 0.1) is 0 Å². The molecule has 0 radical (unpaired) electrons. The van der Waals surface area contributed by atoms with E-state index in [1.165, 1.54) is 0 Å². The van der Waals surface area contributed by atoms with Gasteiger partial charge in [0.05, 0.1) is 6.61 Å². The molecule has 17 heavy (non-hydrogen) atoms. The van der Waals surface area contributed by atoms with Gasteiger partial charge in [0.25, 0.3) is 0 Å². The molecule has 4 heteroatoms. The zero-order chi connectivity index (χ0) is 12.7. The monoisotopic (exact) mass is 236 g/mol. The number of rotatable bonds is 7. The summed E-state index contributed by atoms with van der Waals surface area (Å²) in [7, 11) is 0. The van der Waals surface area contributed by atoms with Gasteiger partial charge < -0.3 is 15.8 Å². The molecular weight excluding hydrogens is 216 g/mol. The van der Waals surface area contributed by atoms with E-state index in [-0.39, 0.29) is 0 Å². The van der Waals surface area contributed by atoms with Gasteiger partial charge in [0.2, 0.25) is 5.91 Å². The summed E-state index contributed by atoms with van der Waals surface area (Å²) in [5.41, 5.74) is 5.64. The molecule has 0 aliphatic rings. The Labute approximate surface area is 102 Å². The molecule has 4 nitrogen and oxygen atoms in total. The number of primary amides is 1. The lowest BCUT2D eigenvalue weighted by atomic mass is 10.2. The molecule has 0 aliphatic carbocycles. The first kappa shape index (κ1) is 13.5. The molecule has 0 saturated carbocycles. The average Bonchev–Trinajstić information content (AvgIpc) is 2.29. The number of nitrogens with two attached hydrogens (primary N) is 1. The molecule has 0 unspecified atom stereocenters. The Kier molecular flexibility index (Phi) is 5.49. The van der Waals surface area contributed by atoms with Gasteiger partial charge >= 0.3 is 0 Å². The fourth-order valence-electron chi connectivity index (χ4n) is 1.37. The maximum atomic E-state index is 10.8. The lowest BCUT2D eigenvalue weighted by Gasteiger charge is -2.09. The molecule has 94 valence electrons. The number of carbonyl (C=O) groups is 1. The SMILES string of the molecule is CC(C)NCCCOc1ccc(C(N)=O)cc1. The van der Waals surface area contributed by atoms with Crippen molar-refractivity contribution in [3.05, 3.63) is 29.8 Å². The van der Waals surface area contributed by atoms with Crippen LogP contribution in [-0.2, 0) is 0 Å². The van der Waals surface area contributed by atoms with Gasteiger partial charge in [-0.15, -0.1) is 0 Å². The second-order valence-corrected chi connectivity index (χ2v) is 4.20. The fourth-order valence-corrected chi connectivity index (χ4v) is 1.37. The van der Waals surface area contributed by atoms with Crippen molar-refractivity contribution in [3.63, 3.8) is 0 Å². The van der Waals surface area contributed by atoms with Crippen LogP contribution >= 0.6 is 0 Å². The van der Waals surface area contributed by atoms with Crippen LogP contribution in [0.5, 0.6) is 5.75 Å². The normalized spacial score (nSPS) is 10.5. The molecule has 3 N–H and O–H groups in total. The maximum Gasteiger partial charge on any atom is 0.248 e. The Bertz CT molecular complexity index is 347. The van der Waals surface area contributed by atoms with Crippen LogP contribution < -0.4 is 15.8 Å². The molecule has 1 aromatic carbocycles. The number of hydrogen-bond donors (Lipinski definition) is 2. The molecule has 0 bridgehead atoms. The molecule has 0 spiro atoms. The van der Waals surface area contributed by atoms with E-state index in [0.717, 1.165) is 18.7 Å². The van der Waals surface area contributed by atoms with Crippen molar-refractivity contribution < 1.29 is 9.53 Å². The zero-order valence-electron chi connectivity index (χ0n) is 10.4. The summed E-state index contributed by atoms with van der Waals surface area (Å²) < 4.78 is 5.53.